The van der Waals surface area contributed by atoms with Crippen molar-refractivity contribution in [3.8, 4) is 0 Å². The molecule has 0 spiro atoms. The average molecular weight is 360 g/mol. The summed E-state index contributed by atoms with van der Waals surface area (Å²) in [5.41, 5.74) is 12.3. The Morgan fingerprint density at radius 3 is 2.40 bits per heavy atom. The lowest BCUT2D eigenvalue weighted by atomic mass is 9.97. The number of nitrogens with zero attached hydrogens (tertiary/aromatic N) is 1. The molecule has 0 saturated carbocycles. The highest BCUT2D eigenvalue weighted by atomic mass is 79.9. The third-order valence-electron chi connectivity index (χ3n) is 3.56. The first-order valence-electron chi connectivity index (χ1n) is 7.17. The summed E-state index contributed by atoms with van der Waals surface area (Å²) in [4.78, 5) is 2.42. The van der Waals surface area contributed by atoms with Crippen LogP contribution in [0, 0.1) is 5.92 Å². The number of halogens is 1. The van der Waals surface area contributed by atoms with Crippen molar-refractivity contribution in [3.63, 3.8) is 0 Å². The Morgan fingerprint density at radius 1 is 1.25 bits per heavy atom. The van der Waals surface area contributed by atoms with Crippen LogP contribution in [0.1, 0.15) is 18.4 Å². The van der Waals surface area contributed by atoms with Crippen LogP contribution in [0.15, 0.2) is 28.7 Å². The third-order valence-corrected chi connectivity index (χ3v) is 4.42. The molecule has 3 nitrogen and oxygen atoms in total. The van der Waals surface area contributed by atoms with Crippen molar-refractivity contribution in [2.45, 2.75) is 18.6 Å². The predicted octanol–water partition coefficient (Wildman–Crippen LogP) is 2.49. The summed E-state index contributed by atoms with van der Waals surface area (Å²) in [6.07, 6.45) is 2.52. The van der Waals surface area contributed by atoms with Gasteiger partial charge in [-0.05, 0) is 56.1 Å². The third kappa shape index (κ3) is 7.09. The first-order chi connectivity index (χ1) is 9.69. The van der Waals surface area contributed by atoms with Gasteiger partial charge in [-0.2, -0.15) is 12.6 Å². The number of likely N-dealkylation sites (tertiary alicyclic amines) is 1. The van der Waals surface area contributed by atoms with Gasteiger partial charge in [-0.15, -0.1) is 0 Å². The van der Waals surface area contributed by atoms with Crippen molar-refractivity contribution in [2.24, 2.45) is 17.4 Å². The summed E-state index contributed by atoms with van der Waals surface area (Å²) in [5.74, 6) is 1.57. The zero-order valence-corrected chi connectivity index (χ0v) is 14.5. The van der Waals surface area contributed by atoms with E-state index in [2.05, 4.69) is 45.6 Å². The van der Waals surface area contributed by atoms with Crippen LogP contribution in [0.2, 0.25) is 0 Å². The summed E-state index contributed by atoms with van der Waals surface area (Å²) >= 11 is 7.51. The molecular formula is C15H26BrN3S. The topological polar surface area (TPSA) is 55.3 Å². The van der Waals surface area contributed by atoms with Crippen molar-refractivity contribution in [1.29, 1.82) is 0 Å². The van der Waals surface area contributed by atoms with Crippen LogP contribution in [-0.4, -0.2) is 37.6 Å². The van der Waals surface area contributed by atoms with Gasteiger partial charge in [0, 0.05) is 23.3 Å². The van der Waals surface area contributed by atoms with Gasteiger partial charge >= 0.3 is 0 Å². The van der Waals surface area contributed by atoms with Crippen LogP contribution >= 0.6 is 28.6 Å². The SMILES string of the molecule is NCCN1CCC(CN)CC1.SCc1cccc(Br)c1. The molecule has 1 saturated heterocycles. The van der Waals surface area contributed by atoms with Crippen molar-refractivity contribution >= 4 is 28.6 Å². The van der Waals surface area contributed by atoms with Gasteiger partial charge in [0.1, 0.15) is 0 Å². The number of hydrogen-bond donors (Lipinski definition) is 3. The fourth-order valence-corrected chi connectivity index (χ4v) is 2.91. The van der Waals surface area contributed by atoms with Gasteiger partial charge in [0.05, 0.1) is 0 Å². The molecule has 114 valence electrons. The Labute approximate surface area is 136 Å². The van der Waals surface area contributed by atoms with E-state index in [-0.39, 0.29) is 0 Å². The maximum absolute atomic E-state index is 5.58. The maximum Gasteiger partial charge on any atom is 0.0178 e. The molecule has 0 amide bonds. The second-order valence-electron chi connectivity index (χ2n) is 5.10. The lowest BCUT2D eigenvalue weighted by Gasteiger charge is -2.30. The van der Waals surface area contributed by atoms with Gasteiger partial charge in [0.25, 0.3) is 0 Å². The fourth-order valence-electron chi connectivity index (χ4n) is 2.26. The van der Waals surface area contributed by atoms with Gasteiger partial charge in [-0.25, -0.2) is 0 Å². The first kappa shape index (κ1) is 18.0. The van der Waals surface area contributed by atoms with E-state index in [0.29, 0.717) is 0 Å². The van der Waals surface area contributed by atoms with Crippen molar-refractivity contribution in [3.05, 3.63) is 34.3 Å². The van der Waals surface area contributed by atoms with E-state index in [0.717, 1.165) is 35.8 Å². The highest BCUT2D eigenvalue weighted by molar-refractivity contribution is 9.10. The highest BCUT2D eigenvalue weighted by Gasteiger charge is 2.16. The average Bonchev–Trinajstić information content (AvgIpc) is 2.49. The fraction of sp³-hybridized carbons (Fsp3) is 0.600. The van der Waals surface area contributed by atoms with Crippen LogP contribution in [0.25, 0.3) is 0 Å². The van der Waals surface area contributed by atoms with Crippen LogP contribution in [0.4, 0.5) is 0 Å². The van der Waals surface area contributed by atoms with E-state index in [4.69, 9.17) is 11.5 Å². The zero-order valence-electron chi connectivity index (χ0n) is 12.0. The molecule has 4 N–H and O–H groups in total. The van der Waals surface area contributed by atoms with Gasteiger partial charge in [0.2, 0.25) is 0 Å². The van der Waals surface area contributed by atoms with E-state index in [9.17, 15) is 0 Å². The second kappa shape index (κ2) is 10.6. The zero-order chi connectivity index (χ0) is 14.8. The smallest absolute Gasteiger partial charge is 0.0178 e. The van der Waals surface area contributed by atoms with Crippen molar-refractivity contribution in [2.75, 3.05) is 32.7 Å². The Hall–Kier alpha value is -0.0700. The molecule has 0 bridgehead atoms. The summed E-state index contributed by atoms with van der Waals surface area (Å²) in [6.45, 7) is 5.08. The summed E-state index contributed by atoms with van der Waals surface area (Å²) in [7, 11) is 0. The molecule has 0 aliphatic carbocycles. The number of benzene rings is 1. The van der Waals surface area contributed by atoms with Crippen LogP contribution < -0.4 is 11.5 Å². The molecule has 1 aromatic carbocycles. The van der Waals surface area contributed by atoms with E-state index in [1.54, 1.807) is 0 Å². The number of rotatable bonds is 4. The van der Waals surface area contributed by atoms with E-state index >= 15 is 0 Å². The molecule has 0 unspecified atom stereocenters. The molecule has 1 aromatic rings. The predicted molar refractivity (Wildman–Crippen MR) is 94.1 cm³/mol. The Balaban J connectivity index is 0.000000204. The number of nitrogens with two attached hydrogens (primary N) is 2. The molecule has 0 atom stereocenters. The minimum absolute atomic E-state index is 0.768. The summed E-state index contributed by atoms with van der Waals surface area (Å²) in [5, 5.41) is 0. The summed E-state index contributed by atoms with van der Waals surface area (Å²) < 4.78 is 1.12. The highest BCUT2D eigenvalue weighted by Crippen LogP contribution is 2.14. The molecule has 1 heterocycles. The molecule has 1 aliphatic heterocycles. The number of hydrogen-bond acceptors (Lipinski definition) is 4. The molecule has 5 heteroatoms. The molecule has 2 rings (SSSR count). The van der Waals surface area contributed by atoms with Crippen LogP contribution in [0.3, 0.4) is 0 Å². The maximum atomic E-state index is 5.58. The number of piperidine rings is 1. The number of thiol groups is 1. The van der Waals surface area contributed by atoms with Gasteiger partial charge in [0.15, 0.2) is 0 Å². The minimum Gasteiger partial charge on any atom is -0.330 e. The lowest BCUT2D eigenvalue weighted by molar-refractivity contribution is 0.192. The van der Waals surface area contributed by atoms with Gasteiger partial charge in [-0.1, -0.05) is 28.1 Å². The quantitative estimate of drug-likeness (QED) is 0.723. The Morgan fingerprint density at radius 2 is 1.95 bits per heavy atom. The Kier molecular flexibility index (Phi) is 9.55. The van der Waals surface area contributed by atoms with E-state index < -0.39 is 0 Å². The normalized spacial score (nSPS) is 16.6. The first-order valence-corrected chi connectivity index (χ1v) is 8.60. The molecule has 0 aromatic heterocycles. The second-order valence-corrected chi connectivity index (χ2v) is 6.33. The van der Waals surface area contributed by atoms with Crippen molar-refractivity contribution < 1.29 is 0 Å². The molecular weight excluding hydrogens is 334 g/mol. The van der Waals surface area contributed by atoms with E-state index in [1.165, 1.54) is 31.5 Å². The van der Waals surface area contributed by atoms with E-state index in [1.807, 2.05) is 12.1 Å². The standard InChI is InChI=1S/C8H19N3.C7H7BrS/c9-3-6-11-4-1-8(7-10)2-5-11;8-7-3-1-2-6(4-7)5-9/h8H,1-7,9-10H2;1-4,9H,5H2. The van der Waals surface area contributed by atoms with Gasteiger partial charge in [-0.3, -0.25) is 0 Å². The van der Waals surface area contributed by atoms with Crippen LogP contribution in [-0.2, 0) is 5.75 Å². The minimum atomic E-state index is 0.768. The van der Waals surface area contributed by atoms with Gasteiger partial charge < -0.3 is 16.4 Å². The van der Waals surface area contributed by atoms with Crippen LogP contribution in [0.5, 0.6) is 0 Å². The molecule has 20 heavy (non-hydrogen) atoms. The largest absolute Gasteiger partial charge is 0.330 e. The summed E-state index contributed by atoms with van der Waals surface area (Å²) in [6, 6.07) is 8.13. The Bertz CT molecular complexity index is 368. The molecule has 1 fully saturated rings. The monoisotopic (exact) mass is 359 g/mol. The molecule has 0 radical (unpaired) electrons. The molecule has 1 aliphatic rings. The lowest BCUT2D eigenvalue weighted by Crippen LogP contribution is -2.38. The van der Waals surface area contributed by atoms with Crippen molar-refractivity contribution in [1.82, 2.24) is 4.90 Å².